The van der Waals surface area contributed by atoms with Gasteiger partial charge in [-0.2, -0.15) is 0 Å². The van der Waals surface area contributed by atoms with Crippen molar-refractivity contribution in [3.63, 3.8) is 0 Å². The molecule has 1 fully saturated rings. The molecular weight excluding hydrogens is 300 g/mol. The van der Waals surface area contributed by atoms with E-state index in [1.165, 1.54) is 19.3 Å². The second kappa shape index (κ2) is 4.00. The van der Waals surface area contributed by atoms with E-state index in [2.05, 4.69) is 27.6 Å². The Morgan fingerprint density at radius 2 is 2.31 bits per heavy atom. The second-order valence-corrected chi connectivity index (χ2v) is 4.66. The van der Waals surface area contributed by atoms with Crippen molar-refractivity contribution in [1.82, 2.24) is 4.98 Å². The fourth-order valence-electron chi connectivity index (χ4n) is 1.15. The van der Waals surface area contributed by atoms with Crippen molar-refractivity contribution >= 4 is 34.2 Å². The lowest BCUT2D eigenvalue weighted by Gasteiger charge is -2.26. The lowest BCUT2D eigenvalue weighted by molar-refractivity contribution is 0.119. The number of hydrogen-bond acceptors (Lipinski definition) is 2. The predicted molar refractivity (Wildman–Crippen MR) is 60.2 cm³/mol. The van der Waals surface area contributed by atoms with Crippen molar-refractivity contribution < 1.29 is 4.74 Å². The minimum absolute atomic E-state index is 0.400. The molecular formula is C9H9ClINO. The summed E-state index contributed by atoms with van der Waals surface area (Å²) < 4.78 is 6.74. The van der Waals surface area contributed by atoms with Gasteiger partial charge in [0.25, 0.3) is 0 Å². The van der Waals surface area contributed by atoms with Crippen LogP contribution in [0.5, 0.6) is 5.75 Å². The molecule has 1 aromatic rings. The summed E-state index contributed by atoms with van der Waals surface area (Å²) in [4.78, 5) is 3.99. The van der Waals surface area contributed by atoms with Crippen LogP contribution in [-0.4, -0.2) is 11.1 Å². The molecule has 1 heterocycles. The van der Waals surface area contributed by atoms with E-state index in [0.717, 1.165) is 9.32 Å². The molecule has 0 aliphatic heterocycles. The Morgan fingerprint density at radius 3 is 2.85 bits per heavy atom. The molecule has 70 valence electrons. The molecule has 0 spiro atoms. The highest BCUT2D eigenvalue weighted by Crippen LogP contribution is 2.28. The van der Waals surface area contributed by atoms with Crippen LogP contribution in [0.4, 0.5) is 0 Å². The smallest absolute Gasteiger partial charge is 0.151 e. The first kappa shape index (κ1) is 9.52. The predicted octanol–water partition coefficient (Wildman–Crippen LogP) is 3.27. The lowest BCUT2D eigenvalue weighted by atomic mass is 9.96. The third-order valence-corrected chi connectivity index (χ3v) is 3.18. The van der Waals surface area contributed by atoms with Gasteiger partial charge in [-0.15, -0.1) is 0 Å². The Morgan fingerprint density at radius 1 is 1.54 bits per heavy atom. The van der Waals surface area contributed by atoms with Crippen molar-refractivity contribution in [2.24, 2.45) is 0 Å². The summed E-state index contributed by atoms with van der Waals surface area (Å²) in [5.41, 5.74) is 0. The number of ether oxygens (including phenoxy) is 1. The Balaban J connectivity index is 2.10. The van der Waals surface area contributed by atoms with E-state index in [9.17, 15) is 0 Å². The van der Waals surface area contributed by atoms with Crippen molar-refractivity contribution in [3.05, 3.63) is 21.0 Å². The van der Waals surface area contributed by atoms with Gasteiger partial charge < -0.3 is 4.74 Å². The minimum Gasteiger partial charge on any atom is -0.488 e. The van der Waals surface area contributed by atoms with Crippen molar-refractivity contribution in [1.29, 1.82) is 0 Å². The highest BCUT2D eigenvalue weighted by atomic mass is 127. The first-order chi connectivity index (χ1) is 6.25. The Hall–Kier alpha value is -0.0300. The van der Waals surface area contributed by atoms with E-state index < -0.39 is 0 Å². The Bertz CT molecular complexity index is 314. The van der Waals surface area contributed by atoms with Crippen molar-refractivity contribution in [2.45, 2.75) is 25.4 Å². The zero-order valence-electron chi connectivity index (χ0n) is 6.96. The van der Waals surface area contributed by atoms with Crippen LogP contribution in [0.15, 0.2) is 12.3 Å². The molecule has 0 amide bonds. The fourth-order valence-corrected chi connectivity index (χ4v) is 2.05. The van der Waals surface area contributed by atoms with E-state index in [4.69, 9.17) is 16.3 Å². The quantitative estimate of drug-likeness (QED) is 0.618. The third kappa shape index (κ3) is 2.26. The topological polar surface area (TPSA) is 22.1 Å². The van der Waals surface area contributed by atoms with Crippen LogP contribution in [0, 0.1) is 3.57 Å². The van der Waals surface area contributed by atoms with E-state index >= 15 is 0 Å². The first-order valence-electron chi connectivity index (χ1n) is 4.23. The first-order valence-corrected chi connectivity index (χ1v) is 5.69. The van der Waals surface area contributed by atoms with Crippen LogP contribution in [0.1, 0.15) is 19.3 Å². The number of aromatic nitrogens is 1. The summed E-state index contributed by atoms with van der Waals surface area (Å²) in [6.45, 7) is 0. The van der Waals surface area contributed by atoms with Crippen LogP contribution in [-0.2, 0) is 0 Å². The number of pyridine rings is 1. The van der Waals surface area contributed by atoms with Crippen LogP contribution in [0.3, 0.4) is 0 Å². The van der Waals surface area contributed by atoms with E-state index in [1.807, 2.05) is 6.07 Å². The van der Waals surface area contributed by atoms with E-state index in [-0.39, 0.29) is 0 Å². The number of nitrogens with zero attached hydrogens (tertiary/aromatic N) is 1. The fraction of sp³-hybridized carbons (Fsp3) is 0.444. The zero-order chi connectivity index (χ0) is 9.26. The maximum atomic E-state index is 5.73. The molecule has 13 heavy (non-hydrogen) atoms. The lowest BCUT2D eigenvalue weighted by Crippen LogP contribution is -2.24. The van der Waals surface area contributed by atoms with Crippen LogP contribution < -0.4 is 4.74 Å². The van der Waals surface area contributed by atoms with Crippen LogP contribution in [0.2, 0.25) is 5.15 Å². The maximum Gasteiger partial charge on any atom is 0.151 e. The monoisotopic (exact) mass is 309 g/mol. The summed E-state index contributed by atoms with van der Waals surface area (Å²) in [7, 11) is 0. The number of hydrogen-bond donors (Lipinski definition) is 0. The normalized spacial score (nSPS) is 16.8. The van der Waals surface area contributed by atoms with Gasteiger partial charge in [-0.25, -0.2) is 4.98 Å². The molecule has 0 unspecified atom stereocenters. The average molecular weight is 310 g/mol. The number of halogens is 2. The van der Waals surface area contributed by atoms with Gasteiger partial charge >= 0.3 is 0 Å². The zero-order valence-corrected chi connectivity index (χ0v) is 9.88. The number of rotatable bonds is 2. The molecule has 1 aromatic heterocycles. The molecule has 0 N–H and O–H groups in total. The average Bonchev–Trinajstić information content (AvgIpc) is 1.99. The van der Waals surface area contributed by atoms with Crippen molar-refractivity contribution in [2.75, 3.05) is 0 Å². The second-order valence-electron chi connectivity index (χ2n) is 3.11. The molecule has 0 saturated heterocycles. The summed E-state index contributed by atoms with van der Waals surface area (Å²) >= 11 is 7.94. The molecule has 2 nitrogen and oxygen atoms in total. The molecule has 4 heteroatoms. The summed E-state index contributed by atoms with van der Waals surface area (Å²) in [6, 6.07) is 1.82. The van der Waals surface area contributed by atoms with Gasteiger partial charge in [0.2, 0.25) is 0 Å². The third-order valence-electron chi connectivity index (χ3n) is 2.13. The summed E-state index contributed by atoms with van der Waals surface area (Å²) in [5, 5.41) is 0.519. The summed E-state index contributed by atoms with van der Waals surface area (Å²) in [6.07, 6.45) is 5.71. The van der Waals surface area contributed by atoms with E-state index in [1.54, 1.807) is 6.20 Å². The van der Waals surface area contributed by atoms with Gasteiger partial charge in [-0.1, -0.05) is 11.6 Å². The highest BCUT2D eigenvalue weighted by Gasteiger charge is 2.20. The molecule has 1 aliphatic rings. The van der Waals surface area contributed by atoms with Gasteiger partial charge in [-0.05, 0) is 47.9 Å². The Kier molecular flexibility index (Phi) is 2.93. The maximum absolute atomic E-state index is 5.73. The van der Waals surface area contributed by atoms with Gasteiger partial charge in [0.1, 0.15) is 5.15 Å². The minimum atomic E-state index is 0.400. The molecule has 1 saturated carbocycles. The molecule has 2 rings (SSSR count). The summed E-state index contributed by atoms with van der Waals surface area (Å²) in [5.74, 6) is 0.856. The van der Waals surface area contributed by atoms with Gasteiger partial charge in [0, 0.05) is 0 Å². The standard InChI is InChI=1S/C9H9ClINO/c10-9-4-7(11)8(5-12-9)13-6-2-1-3-6/h4-6H,1-3H2. The van der Waals surface area contributed by atoms with Gasteiger partial charge in [-0.3, -0.25) is 0 Å². The highest BCUT2D eigenvalue weighted by molar-refractivity contribution is 14.1. The van der Waals surface area contributed by atoms with Gasteiger partial charge in [0.15, 0.2) is 5.75 Å². The van der Waals surface area contributed by atoms with Crippen LogP contribution >= 0.6 is 34.2 Å². The van der Waals surface area contributed by atoms with Gasteiger partial charge in [0.05, 0.1) is 15.9 Å². The van der Waals surface area contributed by atoms with E-state index in [0.29, 0.717) is 11.3 Å². The molecule has 0 radical (unpaired) electrons. The molecule has 0 atom stereocenters. The molecule has 0 aromatic carbocycles. The Labute approximate surface area is 95.8 Å². The largest absolute Gasteiger partial charge is 0.488 e. The SMILES string of the molecule is Clc1cc(I)c(OC2CCC2)cn1. The van der Waals surface area contributed by atoms with Crippen molar-refractivity contribution in [3.8, 4) is 5.75 Å². The van der Waals surface area contributed by atoms with Crippen LogP contribution in [0.25, 0.3) is 0 Å². The molecule has 1 aliphatic carbocycles. The molecule has 0 bridgehead atoms.